The summed E-state index contributed by atoms with van der Waals surface area (Å²) in [6.45, 7) is 7.38. The van der Waals surface area contributed by atoms with Crippen LogP contribution < -0.4 is 4.90 Å². The van der Waals surface area contributed by atoms with Gasteiger partial charge in [0.15, 0.2) is 0 Å². The molecule has 5 rings (SSSR count). The number of aromatic nitrogens is 3. The van der Waals surface area contributed by atoms with Crippen LogP contribution in [0.3, 0.4) is 0 Å². The first kappa shape index (κ1) is 24.8. The molecule has 37 heavy (non-hydrogen) atoms. The summed E-state index contributed by atoms with van der Waals surface area (Å²) >= 11 is 0. The number of nitrogens with zero attached hydrogens (tertiary/aromatic N) is 4. The van der Waals surface area contributed by atoms with Crippen molar-refractivity contribution < 1.29 is 9.90 Å². The van der Waals surface area contributed by atoms with Crippen molar-refractivity contribution >= 4 is 11.6 Å². The van der Waals surface area contributed by atoms with Gasteiger partial charge in [-0.2, -0.15) is 5.10 Å². The van der Waals surface area contributed by atoms with E-state index in [0.717, 1.165) is 47.3 Å². The number of anilines is 1. The van der Waals surface area contributed by atoms with Crippen molar-refractivity contribution in [2.24, 2.45) is 0 Å². The molecule has 0 saturated heterocycles. The Balaban J connectivity index is 1.44. The van der Waals surface area contributed by atoms with Crippen LogP contribution in [0.15, 0.2) is 73.2 Å². The Kier molecular flexibility index (Phi) is 7.08. The van der Waals surface area contributed by atoms with E-state index in [1.807, 2.05) is 46.2 Å². The number of aryl methyl sites for hydroxylation is 1. The molecule has 0 fully saturated rings. The number of carbonyl (C=O) groups is 1. The van der Waals surface area contributed by atoms with Gasteiger partial charge >= 0.3 is 0 Å². The maximum absolute atomic E-state index is 14.1. The molecule has 1 N–H and O–H groups in total. The van der Waals surface area contributed by atoms with Crippen LogP contribution in [0.25, 0.3) is 0 Å². The molecule has 0 bridgehead atoms. The number of rotatable bonds is 7. The molecule has 6 nitrogen and oxygen atoms in total. The summed E-state index contributed by atoms with van der Waals surface area (Å²) in [7, 11) is 0. The SMILES string of the molecule is Cc1ccc(Cn2cc(CN(C(=O)C3CCCc4c(O)cccc43)c3ccc(C(C)C)nc3)cn2)cc1. The van der Waals surface area contributed by atoms with Crippen LogP contribution >= 0.6 is 0 Å². The third kappa shape index (κ3) is 5.43. The number of pyridine rings is 1. The van der Waals surface area contributed by atoms with E-state index in [1.165, 1.54) is 11.1 Å². The zero-order valence-electron chi connectivity index (χ0n) is 21.8. The van der Waals surface area contributed by atoms with Crippen molar-refractivity contribution in [3.05, 3.63) is 107 Å². The lowest BCUT2D eigenvalue weighted by atomic mass is 9.81. The lowest BCUT2D eigenvalue weighted by Crippen LogP contribution is -2.36. The molecular formula is C31H34N4O2. The number of amides is 1. The minimum Gasteiger partial charge on any atom is -0.508 e. The van der Waals surface area contributed by atoms with Gasteiger partial charge in [0.1, 0.15) is 5.75 Å². The zero-order valence-corrected chi connectivity index (χ0v) is 21.8. The molecule has 2 heterocycles. The summed E-state index contributed by atoms with van der Waals surface area (Å²) in [5.74, 6) is 0.313. The molecule has 2 aromatic carbocycles. The van der Waals surface area contributed by atoms with E-state index in [4.69, 9.17) is 0 Å². The fraction of sp³-hybridized carbons (Fsp3) is 0.323. The van der Waals surface area contributed by atoms with Gasteiger partial charge in [0.2, 0.25) is 5.91 Å². The Morgan fingerprint density at radius 2 is 1.89 bits per heavy atom. The predicted molar refractivity (Wildman–Crippen MR) is 146 cm³/mol. The van der Waals surface area contributed by atoms with E-state index in [1.54, 1.807) is 12.3 Å². The number of hydrogen-bond acceptors (Lipinski definition) is 4. The van der Waals surface area contributed by atoms with Gasteiger partial charge in [-0.25, -0.2) is 0 Å². The maximum Gasteiger partial charge on any atom is 0.234 e. The van der Waals surface area contributed by atoms with Crippen molar-refractivity contribution in [2.75, 3.05) is 4.90 Å². The van der Waals surface area contributed by atoms with Gasteiger partial charge in [-0.1, -0.05) is 55.8 Å². The summed E-state index contributed by atoms with van der Waals surface area (Å²) in [5, 5.41) is 15.0. The number of phenols is 1. The molecule has 190 valence electrons. The van der Waals surface area contributed by atoms with Gasteiger partial charge in [-0.15, -0.1) is 0 Å². The highest BCUT2D eigenvalue weighted by Gasteiger charge is 2.32. The van der Waals surface area contributed by atoms with Crippen LogP contribution in [0.1, 0.15) is 72.0 Å². The molecule has 0 saturated carbocycles. The first-order valence-corrected chi connectivity index (χ1v) is 13.0. The van der Waals surface area contributed by atoms with E-state index < -0.39 is 0 Å². The van der Waals surface area contributed by atoms with E-state index in [2.05, 4.69) is 55.1 Å². The van der Waals surface area contributed by atoms with Crippen LogP contribution in [0.5, 0.6) is 5.75 Å². The standard InChI is InChI=1S/C31H34N4O2/c1-21(2)29-15-14-25(17-32-29)35(31(37)28-8-4-7-27-26(28)6-5-9-30(27)36)20-24-16-33-34(19-24)18-23-12-10-22(3)11-13-23/h5-6,9-17,19,21,28,36H,4,7-8,18,20H2,1-3H3. The highest BCUT2D eigenvalue weighted by Crippen LogP contribution is 2.38. The number of hydrogen-bond donors (Lipinski definition) is 1. The van der Waals surface area contributed by atoms with Gasteiger partial charge in [0.25, 0.3) is 0 Å². The first-order chi connectivity index (χ1) is 17.9. The number of benzene rings is 2. The summed E-state index contributed by atoms with van der Waals surface area (Å²) in [6, 6.07) is 18.0. The normalized spacial score (nSPS) is 15.0. The average molecular weight is 495 g/mol. The molecule has 0 aliphatic heterocycles. The summed E-state index contributed by atoms with van der Waals surface area (Å²) in [6.07, 6.45) is 8.07. The molecule has 1 atom stereocenters. The third-order valence-corrected chi connectivity index (χ3v) is 7.21. The minimum absolute atomic E-state index is 0.0249. The fourth-order valence-corrected chi connectivity index (χ4v) is 5.11. The Morgan fingerprint density at radius 3 is 2.62 bits per heavy atom. The maximum atomic E-state index is 14.1. The summed E-state index contributed by atoms with van der Waals surface area (Å²) in [4.78, 5) is 20.6. The molecule has 1 amide bonds. The Bertz CT molecular complexity index is 1370. The summed E-state index contributed by atoms with van der Waals surface area (Å²) in [5.41, 5.74) is 6.96. The van der Waals surface area contributed by atoms with Gasteiger partial charge in [0, 0.05) is 17.5 Å². The summed E-state index contributed by atoms with van der Waals surface area (Å²) < 4.78 is 1.91. The van der Waals surface area contributed by atoms with Gasteiger partial charge in [0.05, 0.1) is 37.1 Å². The van der Waals surface area contributed by atoms with Gasteiger partial charge in [-0.05, 0) is 67.0 Å². The molecule has 0 radical (unpaired) electrons. The molecule has 1 aliphatic rings. The molecule has 0 spiro atoms. The monoisotopic (exact) mass is 494 g/mol. The first-order valence-electron chi connectivity index (χ1n) is 13.0. The van der Waals surface area contributed by atoms with Crippen molar-refractivity contribution in [3.63, 3.8) is 0 Å². The Hall–Kier alpha value is -3.93. The molecule has 4 aromatic rings. The zero-order chi connectivity index (χ0) is 25.9. The molecule has 1 unspecified atom stereocenters. The van der Waals surface area contributed by atoms with Crippen molar-refractivity contribution in [3.8, 4) is 5.75 Å². The largest absolute Gasteiger partial charge is 0.508 e. The average Bonchev–Trinajstić information content (AvgIpc) is 3.35. The van der Waals surface area contributed by atoms with Crippen LogP contribution in [0.4, 0.5) is 5.69 Å². The highest BCUT2D eigenvalue weighted by atomic mass is 16.3. The van der Waals surface area contributed by atoms with Crippen molar-refractivity contribution in [1.29, 1.82) is 0 Å². The lowest BCUT2D eigenvalue weighted by molar-refractivity contribution is -0.120. The molecular weight excluding hydrogens is 460 g/mol. The third-order valence-electron chi connectivity index (χ3n) is 7.21. The Labute approximate surface area is 218 Å². The second-order valence-corrected chi connectivity index (χ2v) is 10.3. The molecule has 2 aromatic heterocycles. The van der Waals surface area contributed by atoms with E-state index >= 15 is 0 Å². The van der Waals surface area contributed by atoms with Crippen LogP contribution in [0, 0.1) is 6.92 Å². The highest BCUT2D eigenvalue weighted by molar-refractivity contribution is 5.98. The number of phenolic OH excluding ortho intramolecular Hbond substituents is 1. The fourth-order valence-electron chi connectivity index (χ4n) is 5.11. The lowest BCUT2D eigenvalue weighted by Gasteiger charge is -2.31. The smallest absolute Gasteiger partial charge is 0.234 e. The number of carbonyl (C=O) groups excluding carboxylic acids is 1. The van der Waals surface area contributed by atoms with Crippen LogP contribution in [-0.4, -0.2) is 25.8 Å². The van der Waals surface area contributed by atoms with Crippen molar-refractivity contribution in [1.82, 2.24) is 14.8 Å². The second kappa shape index (κ2) is 10.6. The topological polar surface area (TPSA) is 71.2 Å². The quantitative estimate of drug-likeness (QED) is 0.336. The van der Waals surface area contributed by atoms with E-state index in [0.29, 0.717) is 19.0 Å². The second-order valence-electron chi connectivity index (χ2n) is 10.3. The van der Waals surface area contributed by atoms with Gasteiger partial charge < -0.3 is 10.0 Å². The van der Waals surface area contributed by atoms with E-state index in [9.17, 15) is 9.90 Å². The minimum atomic E-state index is -0.303. The van der Waals surface area contributed by atoms with Crippen molar-refractivity contribution in [2.45, 2.75) is 65.0 Å². The Morgan fingerprint density at radius 1 is 1.08 bits per heavy atom. The molecule has 6 heteroatoms. The van der Waals surface area contributed by atoms with E-state index in [-0.39, 0.29) is 17.6 Å². The van der Waals surface area contributed by atoms with Gasteiger partial charge in [-0.3, -0.25) is 14.5 Å². The predicted octanol–water partition coefficient (Wildman–Crippen LogP) is 6.12. The van der Waals surface area contributed by atoms with Crippen LogP contribution in [0.2, 0.25) is 0 Å². The number of aromatic hydroxyl groups is 1. The van der Waals surface area contributed by atoms with Crippen LogP contribution in [-0.2, 0) is 24.3 Å². The number of fused-ring (bicyclic) bond motifs is 1. The molecule has 1 aliphatic carbocycles.